The number of aryl methyl sites for hydroxylation is 1. The average Bonchev–Trinajstić information content (AvgIpc) is 3.08. The number of para-hydroxylation sites is 1. The van der Waals surface area contributed by atoms with Gasteiger partial charge in [-0.1, -0.05) is 18.2 Å². The van der Waals surface area contributed by atoms with Crippen molar-refractivity contribution in [2.24, 2.45) is 7.05 Å². The Morgan fingerprint density at radius 1 is 1.00 bits per heavy atom. The van der Waals surface area contributed by atoms with E-state index in [1.165, 1.54) is 14.6 Å². The van der Waals surface area contributed by atoms with Crippen molar-refractivity contribution in [3.63, 3.8) is 0 Å². The number of aromatic nitrogens is 4. The summed E-state index contributed by atoms with van der Waals surface area (Å²) in [4.78, 5) is 40.7. The Morgan fingerprint density at radius 3 is 2.24 bits per heavy atom. The first-order valence-electron chi connectivity index (χ1n) is 7.73. The molecule has 0 radical (unpaired) electrons. The normalized spacial score (nSPS) is 14.3. The van der Waals surface area contributed by atoms with Crippen LogP contribution in [-0.4, -0.2) is 73.9 Å². The van der Waals surface area contributed by atoms with Crippen molar-refractivity contribution in [2.75, 3.05) is 31.5 Å². The molecule has 1 fully saturated rings. The molecule has 10 heteroatoms. The molecule has 0 aliphatic carbocycles. The minimum atomic E-state index is -0.693. The zero-order chi connectivity index (χ0) is 17.8. The molecule has 25 heavy (non-hydrogen) atoms. The number of nitrogens with one attached hydrogen (secondary N) is 1. The van der Waals surface area contributed by atoms with E-state index < -0.39 is 11.8 Å². The molecule has 0 unspecified atom stereocenters. The van der Waals surface area contributed by atoms with Crippen LogP contribution >= 0.6 is 0 Å². The largest absolute Gasteiger partial charge is 0.332 e. The highest BCUT2D eigenvalue weighted by Gasteiger charge is 2.29. The van der Waals surface area contributed by atoms with Gasteiger partial charge in [-0.15, -0.1) is 10.2 Å². The van der Waals surface area contributed by atoms with E-state index in [0.717, 1.165) is 0 Å². The second kappa shape index (κ2) is 7.07. The van der Waals surface area contributed by atoms with Crippen molar-refractivity contribution in [2.45, 2.75) is 0 Å². The van der Waals surface area contributed by atoms with E-state index in [4.69, 9.17) is 0 Å². The quantitative estimate of drug-likeness (QED) is 0.710. The third-order valence-electron chi connectivity index (χ3n) is 3.78. The minimum absolute atomic E-state index is 0.0177. The predicted molar refractivity (Wildman–Crippen MR) is 86.4 cm³/mol. The van der Waals surface area contributed by atoms with Crippen molar-refractivity contribution >= 4 is 23.4 Å². The molecule has 1 N–H and O–H groups in total. The highest BCUT2D eigenvalue weighted by molar-refractivity contribution is 6.39. The van der Waals surface area contributed by atoms with Gasteiger partial charge in [0.15, 0.2) is 0 Å². The van der Waals surface area contributed by atoms with Crippen molar-refractivity contribution in [1.82, 2.24) is 30.0 Å². The lowest BCUT2D eigenvalue weighted by Gasteiger charge is -2.33. The summed E-state index contributed by atoms with van der Waals surface area (Å²) < 4.78 is 0. The summed E-state index contributed by atoms with van der Waals surface area (Å²) in [5, 5.41) is 13.7. The van der Waals surface area contributed by atoms with Gasteiger partial charge in [-0.3, -0.25) is 14.4 Å². The zero-order valence-electron chi connectivity index (χ0n) is 13.6. The van der Waals surface area contributed by atoms with Gasteiger partial charge in [0.05, 0.1) is 7.05 Å². The molecule has 0 atom stereocenters. The van der Waals surface area contributed by atoms with E-state index >= 15 is 0 Å². The number of piperazine rings is 1. The van der Waals surface area contributed by atoms with Crippen LogP contribution in [0.25, 0.3) is 0 Å². The van der Waals surface area contributed by atoms with E-state index in [-0.39, 0.29) is 24.8 Å². The van der Waals surface area contributed by atoms with Gasteiger partial charge >= 0.3 is 11.8 Å². The third kappa shape index (κ3) is 3.79. The number of tetrazole rings is 1. The molecule has 1 aromatic carbocycles. The Bertz CT molecular complexity index is 781. The molecular formula is C15H17N7O3. The Labute approximate surface area is 143 Å². The highest BCUT2D eigenvalue weighted by Crippen LogP contribution is 2.08. The van der Waals surface area contributed by atoms with Gasteiger partial charge in [0.25, 0.3) is 11.7 Å². The smallest absolute Gasteiger partial charge is 0.313 e. The fourth-order valence-electron chi connectivity index (χ4n) is 2.47. The lowest BCUT2D eigenvalue weighted by Crippen LogP contribution is -2.53. The monoisotopic (exact) mass is 343 g/mol. The third-order valence-corrected chi connectivity index (χ3v) is 3.78. The molecule has 0 saturated carbocycles. The molecule has 2 aromatic rings. The van der Waals surface area contributed by atoms with Gasteiger partial charge < -0.3 is 15.1 Å². The standard InChI is InChI=1S/C15H17N7O3/c1-20-18-12(17-19-20)14(24)21-7-9-22(10-8-21)15(25)13(23)16-11-5-3-2-4-6-11/h2-6H,7-10H2,1H3,(H,16,23). The SMILES string of the molecule is Cn1nnc(C(=O)N2CCN(C(=O)C(=O)Nc3ccccc3)CC2)n1. The van der Waals surface area contributed by atoms with Gasteiger partial charge in [0.2, 0.25) is 0 Å². The number of benzene rings is 1. The molecule has 2 heterocycles. The fourth-order valence-corrected chi connectivity index (χ4v) is 2.47. The van der Waals surface area contributed by atoms with Crippen LogP contribution < -0.4 is 5.32 Å². The maximum atomic E-state index is 12.2. The Balaban J connectivity index is 1.54. The number of carbonyl (C=O) groups excluding carboxylic acids is 3. The number of nitrogens with zero attached hydrogens (tertiary/aromatic N) is 6. The summed E-state index contributed by atoms with van der Waals surface area (Å²) in [6.07, 6.45) is 0. The number of hydrogen-bond donors (Lipinski definition) is 1. The first-order chi connectivity index (χ1) is 12.0. The van der Waals surface area contributed by atoms with Gasteiger partial charge in [-0.05, 0) is 17.3 Å². The molecule has 1 saturated heterocycles. The molecule has 1 aliphatic rings. The van der Waals surface area contributed by atoms with E-state index in [9.17, 15) is 14.4 Å². The van der Waals surface area contributed by atoms with Crippen LogP contribution in [0.1, 0.15) is 10.6 Å². The van der Waals surface area contributed by atoms with E-state index in [0.29, 0.717) is 18.8 Å². The molecular weight excluding hydrogens is 326 g/mol. The van der Waals surface area contributed by atoms with E-state index in [2.05, 4.69) is 20.7 Å². The lowest BCUT2D eigenvalue weighted by atomic mass is 10.2. The van der Waals surface area contributed by atoms with Gasteiger partial charge in [0.1, 0.15) is 0 Å². The summed E-state index contributed by atoms with van der Waals surface area (Å²) in [7, 11) is 1.58. The number of amides is 3. The van der Waals surface area contributed by atoms with Crippen LogP contribution in [-0.2, 0) is 16.6 Å². The van der Waals surface area contributed by atoms with Crippen molar-refractivity contribution in [3.05, 3.63) is 36.2 Å². The zero-order valence-corrected chi connectivity index (χ0v) is 13.6. The molecule has 0 spiro atoms. The summed E-state index contributed by atoms with van der Waals surface area (Å²) in [6.45, 7) is 1.16. The molecule has 1 aromatic heterocycles. The van der Waals surface area contributed by atoms with Crippen LogP contribution in [0.15, 0.2) is 30.3 Å². The van der Waals surface area contributed by atoms with E-state index in [1.54, 1.807) is 31.3 Å². The molecule has 1 aliphatic heterocycles. The Hall–Kier alpha value is -3.30. The number of rotatable bonds is 2. The summed E-state index contributed by atoms with van der Waals surface area (Å²) >= 11 is 0. The molecule has 3 rings (SSSR count). The van der Waals surface area contributed by atoms with Crippen molar-refractivity contribution < 1.29 is 14.4 Å². The highest BCUT2D eigenvalue weighted by atomic mass is 16.2. The van der Waals surface area contributed by atoms with Gasteiger partial charge in [-0.2, -0.15) is 4.80 Å². The Kier molecular flexibility index (Phi) is 4.68. The van der Waals surface area contributed by atoms with Crippen molar-refractivity contribution in [3.8, 4) is 0 Å². The number of carbonyl (C=O) groups is 3. The molecule has 0 bridgehead atoms. The van der Waals surface area contributed by atoms with Gasteiger partial charge in [0, 0.05) is 31.9 Å². The maximum Gasteiger partial charge on any atom is 0.313 e. The van der Waals surface area contributed by atoms with Crippen LogP contribution in [0.3, 0.4) is 0 Å². The van der Waals surface area contributed by atoms with Crippen LogP contribution in [0, 0.1) is 0 Å². The van der Waals surface area contributed by atoms with Crippen LogP contribution in [0.4, 0.5) is 5.69 Å². The van der Waals surface area contributed by atoms with E-state index in [1.807, 2.05) is 6.07 Å². The Morgan fingerprint density at radius 2 is 1.64 bits per heavy atom. The molecule has 10 nitrogen and oxygen atoms in total. The van der Waals surface area contributed by atoms with Crippen LogP contribution in [0.2, 0.25) is 0 Å². The average molecular weight is 343 g/mol. The summed E-state index contributed by atoms with van der Waals surface area (Å²) in [5.41, 5.74) is 0.559. The molecule has 3 amide bonds. The summed E-state index contributed by atoms with van der Waals surface area (Å²) in [5.74, 6) is -1.63. The minimum Gasteiger partial charge on any atom is -0.332 e. The topological polar surface area (TPSA) is 113 Å². The fraction of sp³-hybridized carbons (Fsp3) is 0.333. The second-order valence-corrected chi connectivity index (χ2v) is 5.51. The summed E-state index contributed by atoms with van der Waals surface area (Å²) in [6, 6.07) is 8.76. The number of anilines is 1. The maximum absolute atomic E-state index is 12.2. The van der Waals surface area contributed by atoms with Gasteiger partial charge in [-0.25, -0.2) is 0 Å². The first kappa shape index (κ1) is 16.6. The lowest BCUT2D eigenvalue weighted by molar-refractivity contribution is -0.144. The first-order valence-corrected chi connectivity index (χ1v) is 7.73. The second-order valence-electron chi connectivity index (χ2n) is 5.51. The van der Waals surface area contributed by atoms with Crippen LogP contribution in [0.5, 0.6) is 0 Å². The predicted octanol–water partition coefficient (Wildman–Crippen LogP) is -0.867. The molecule has 130 valence electrons. The number of hydrogen-bond acceptors (Lipinski definition) is 6. The van der Waals surface area contributed by atoms with Crippen molar-refractivity contribution in [1.29, 1.82) is 0 Å².